The number of allylic oxidation sites excluding steroid dienone is 1. The quantitative estimate of drug-likeness (QED) is 0.310. The van der Waals surface area contributed by atoms with Crippen molar-refractivity contribution in [1.29, 1.82) is 0 Å². The van der Waals surface area contributed by atoms with Crippen molar-refractivity contribution in [3.63, 3.8) is 0 Å². The topological polar surface area (TPSA) is 57.5 Å². The Balaban J connectivity index is 1.92. The van der Waals surface area contributed by atoms with Gasteiger partial charge in [-0.1, -0.05) is 12.1 Å². The van der Waals surface area contributed by atoms with Gasteiger partial charge in [-0.15, -0.1) is 0 Å². The fourth-order valence-electron chi connectivity index (χ4n) is 3.39. The zero-order valence-corrected chi connectivity index (χ0v) is 17.6. The summed E-state index contributed by atoms with van der Waals surface area (Å²) in [5.41, 5.74) is 4.66. The third kappa shape index (κ3) is 4.35. The molecule has 0 unspecified atom stereocenters. The number of aryl methyl sites for hydroxylation is 1. The number of ether oxygens (including phenoxy) is 2. The molecule has 5 nitrogen and oxygen atoms in total. The molecule has 0 saturated carbocycles. The van der Waals surface area contributed by atoms with Gasteiger partial charge in [-0.3, -0.25) is 4.79 Å². The van der Waals surface area contributed by atoms with Crippen molar-refractivity contribution in [3.8, 4) is 11.4 Å². The number of rotatable bonds is 7. The second-order valence-corrected chi connectivity index (χ2v) is 6.83. The summed E-state index contributed by atoms with van der Waals surface area (Å²) in [7, 11) is 1.59. The fraction of sp³-hybridized carbons (Fsp3) is 0.200. The van der Waals surface area contributed by atoms with Gasteiger partial charge in [0.15, 0.2) is 5.78 Å². The number of hydrogen-bond acceptors (Lipinski definition) is 4. The molecule has 0 aliphatic carbocycles. The summed E-state index contributed by atoms with van der Waals surface area (Å²) in [6.45, 7) is 6.04. The van der Waals surface area contributed by atoms with Crippen LogP contribution in [0.2, 0.25) is 0 Å². The molecule has 0 atom stereocenters. The molecule has 0 bridgehead atoms. The van der Waals surface area contributed by atoms with Gasteiger partial charge in [-0.25, -0.2) is 4.79 Å². The molecule has 3 rings (SSSR count). The minimum absolute atomic E-state index is 0.0885. The number of aromatic nitrogens is 1. The monoisotopic (exact) mass is 403 g/mol. The van der Waals surface area contributed by atoms with Crippen LogP contribution in [0.1, 0.15) is 44.6 Å². The Labute approximate surface area is 176 Å². The first-order chi connectivity index (χ1) is 14.5. The third-order valence-electron chi connectivity index (χ3n) is 4.90. The van der Waals surface area contributed by atoms with Crippen LogP contribution in [0.5, 0.6) is 5.75 Å². The Morgan fingerprint density at radius 3 is 2.40 bits per heavy atom. The molecule has 2 aromatic carbocycles. The highest BCUT2D eigenvalue weighted by Gasteiger charge is 2.17. The molecule has 0 radical (unpaired) electrons. The lowest BCUT2D eigenvalue weighted by Gasteiger charge is -2.14. The van der Waals surface area contributed by atoms with Crippen LogP contribution in [0, 0.1) is 13.8 Å². The largest absolute Gasteiger partial charge is 0.497 e. The van der Waals surface area contributed by atoms with E-state index in [4.69, 9.17) is 9.47 Å². The zero-order valence-electron chi connectivity index (χ0n) is 17.6. The van der Waals surface area contributed by atoms with Crippen molar-refractivity contribution in [2.75, 3.05) is 13.7 Å². The maximum Gasteiger partial charge on any atom is 0.340 e. The predicted molar refractivity (Wildman–Crippen MR) is 118 cm³/mol. The molecule has 154 valence electrons. The molecule has 3 aromatic rings. The van der Waals surface area contributed by atoms with Crippen molar-refractivity contribution < 1.29 is 19.1 Å². The normalized spacial score (nSPS) is 10.9. The Kier molecular flexibility index (Phi) is 6.52. The average molecular weight is 403 g/mol. The fourth-order valence-corrected chi connectivity index (χ4v) is 3.39. The maximum atomic E-state index is 12.5. The minimum atomic E-state index is -0.354. The molecule has 1 aromatic heterocycles. The van der Waals surface area contributed by atoms with Crippen LogP contribution in [0.3, 0.4) is 0 Å². The number of para-hydroxylation sites is 1. The molecule has 1 heterocycles. The van der Waals surface area contributed by atoms with E-state index in [2.05, 4.69) is 0 Å². The Morgan fingerprint density at radius 2 is 1.73 bits per heavy atom. The highest BCUT2D eigenvalue weighted by Crippen LogP contribution is 2.25. The zero-order chi connectivity index (χ0) is 21.7. The molecular formula is C25H25NO4. The summed E-state index contributed by atoms with van der Waals surface area (Å²) in [6.07, 6.45) is 3.36. The molecule has 0 aliphatic rings. The molecule has 0 saturated heterocycles. The van der Waals surface area contributed by atoms with E-state index in [9.17, 15) is 9.59 Å². The molecule has 0 N–H and O–H groups in total. The molecular weight excluding hydrogens is 378 g/mol. The minimum Gasteiger partial charge on any atom is -0.497 e. The van der Waals surface area contributed by atoms with Crippen molar-refractivity contribution in [2.45, 2.75) is 20.8 Å². The van der Waals surface area contributed by atoms with Gasteiger partial charge in [0.25, 0.3) is 0 Å². The highest BCUT2D eigenvalue weighted by atomic mass is 16.5. The first kappa shape index (κ1) is 21.1. The molecule has 0 fully saturated rings. The van der Waals surface area contributed by atoms with E-state index in [0.717, 1.165) is 22.6 Å². The van der Waals surface area contributed by atoms with Crippen molar-refractivity contribution in [1.82, 2.24) is 4.57 Å². The van der Waals surface area contributed by atoms with Crippen molar-refractivity contribution in [3.05, 3.63) is 88.8 Å². The maximum absolute atomic E-state index is 12.5. The van der Waals surface area contributed by atoms with E-state index in [1.165, 1.54) is 0 Å². The van der Waals surface area contributed by atoms with Gasteiger partial charge >= 0.3 is 5.97 Å². The van der Waals surface area contributed by atoms with E-state index in [1.54, 1.807) is 56.5 Å². The second-order valence-electron chi connectivity index (χ2n) is 6.83. The highest BCUT2D eigenvalue weighted by molar-refractivity contribution is 6.07. The number of methoxy groups -OCH3 is 1. The number of esters is 1. The van der Waals surface area contributed by atoms with Crippen LogP contribution in [0.25, 0.3) is 11.8 Å². The lowest BCUT2D eigenvalue weighted by Crippen LogP contribution is -2.11. The summed E-state index contributed by atoms with van der Waals surface area (Å²) in [5, 5.41) is 0. The number of benzene rings is 2. The van der Waals surface area contributed by atoms with Gasteiger partial charge in [-0.05, 0) is 81.0 Å². The van der Waals surface area contributed by atoms with Crippen LogP contribution < -0.4 is 4.74 Å². The first-order valence-electron chi connectivity index (χ1n) is 9.78. The van der Waals surface area contributed by atoms with Gasteiger partial charge < -0.3 is 14.0 Å². The average Bonchev–Trinajstić information content (AvgIpc) is 3.05. The van der Waals surface area contributed by atoms with E-state index in [1.807, 2.05) is 42.7 Å². The number of ketones is 1. The Hall–Kier alpha value is -3.60. The predicted octanol–water partition coefficient (Wildman–Crippen LogP) is 5.18. The number of carbonyl (C=O) groups is 2. The van der Waals surface area contributed by atoms with E-state index in [0.29, 0.717) is 23.5 Å². The summed E-state index contributed by atoms with van der Waals surface area (Å²) in [4.78, 5) is 24.9. The summed E-state index contributed by atoms with van der Waals surface area (Å²) in [6, 6.07) is 16.4. The van der Waals surface area contributed by atoms with Crippen molar-refractivity contribution >= 4 is 17.8 Å². The number of hydrogen-bond donors (Lipinski definition) is 0. The van der Waals surface area contributed by atoms with E-state index in [-0.39, 0.29) is 11.8 Å². The SMILES string of the molecule is CCOC(=O)c1ccccc1-n1c(C)cc(/C=C/C(=O)c2ccc(OC)cc2)c1C. The lowest BCUT2D eigenvalue weighted by molar-refractivity contribution is 0.0526. The van der Waals surface area contributed by atoms with Crippen LogP contribution in [-0.2, 0) is 4.74 Å². The third-order valence-corrected chi connectivity index (χ3v) is 4.90. The van der Waals surface area contributed by atoms with E-state index < -0.39 is 0 Å². The molecule has 0 spiro atoms. The number of nitrogens with zero attached hydrogens (tertiary/aromatic N) is 1. The summed E-state index contributed by atoms with van der Waals surface area (Å²) >= 11 is 0. The van der Waals surface area contributed by atoms with Crippen LogP contribution in [-0.4, -0.2) is 30.0 Å². The van der Waals surface area contributed by atoms with Gasteiger partial charge in [0, 0.05) is 17.0 Å². The lowest BCUT2D eigenvalue weighted by atomic mass is 10.1. The standard InChI is InChI=1S/C25H25NO4/c1-5-30-25(28)22-8-6-7-9-23(22)26-17(2)16-20(18(26)3)12-15-24(27)19-10-13-21(29-4)14-11-19/h6-16H,5H2,1-4H3/b15-12+. The number of carbonyl (C=O) groups excluding carboxylic acids is 2. The Morgan fingerprint density at radius 1 is 1.03 bits per heavy atom. The van der Waals surface area contributed by atoms with Crippen LogP contribution in [0.4, 0.5) is 0 Å². The van der Waals surface area contributed by atoms with Gasteiger partial charge in [0.1, 0.15) is 5.75 Å². The molecule has 0 amide bonds. The smallest absolute Gasteiger partial charge is 0.340 e. The van der Waals surface area contributed by atoms with E-state index >= 15 is 0 Å². The summed E-state index contributed by atoms with van der Waals surface area (Å²) < 4.78 is 12.3. The summed E-state index contributed by atoms with van der Waals surface area (Å²) in [5.74, 6) is 0.265. The molecule has 5 heteroatoms. The molecule has 30 heavy (non-hydrogen) atoms. The van der Waals surface area contributed by atoms with Crippen LogP contribution in [0.15, 0.2) is 60.7 Å². The van der Waals surface area contributed by atoms with Gasteiger partial charge in [0.05, 0.1) is 25.0 Å². The van der Waals surface area contributed by atoms with Gasteiger partial charge in [0.2, 0.25) is 0 Å². The second kappa shape index (κ2) is 9.27. The van der Waals surface area contributed by atoms with Gasteiger partial charge in [-0.2, -0.15) is 0 Å². The van der Waals surface area contributed by atoms with Crippen LogP contribution >= 0.6 is 0 Å². The Bertz CT molecular complexity index is 1090. The first-order valence-corrected chi connectivity index (χ1v) is 9.78. The van der Waals surface area contributed by atoms with Crippen molar-refractivity contribution in [2.24, 2.45) is 0 Å². The molecule has 0 aliphatic heterocycles.